The molecule has 6 heteroatoms. The highest BCUT2D eigenvalue weighted by atomic mass is 16.5. The van der Waals surface area contributed by atoms with Crippen LogP contribution in [0.5, 0.6) is 0 Å². The van der Waals surface area contributed by atoms with Gasteiger partial charge in [-0.1, -0.05) is 0 Å². The predicted molar refractivity (Wildman–Crippen MR) is 88.0 cm³/mol. The van der Waals surface area contributed by atoms with Crippen molar-refractivity contribution in [3.05, 3.63) is 17.7 Å². The van der Waals surface area contributed by atoms with Crippen molar-refractivity contribution < 1.29 is 13.9 Å². The summed E-state index contributed by atoms with van der Waals surface area (Å²) in [6, 6.07) is 0. The molecule has 0 amide bonds. The van der Waals surface area contributed by atoms with E-state index in [0.29, 0.717) is 41.2 Å². The molecule has 2 aromatic rings. The molecule has 3 heterocycles. The van der Waals surface area contributed by atoms with Crippen LogP contribution in [-0.2, 0) is 4.74 Å². The van der Waals surface area contributed by atoms with Gasteiger partial charge in [0.2, 0.25) is 5.71 Å². The molecule has 2 saturated carbocycles. The molecule has 1 saturated heterocycles. The summed E-state index contributed by atoms with van der Waals surface area (Å²) in [4.78, 5) is 21.6. The van der Waals surface area contributed by atoms with Gasteiger partial charge in [0.1, 0.15) is 17.9 Å². The highest BCUT2D eigenvalue weighted by Gasteiger charge is 2.54. The summed E-state index contributed by atoms with van der Waals surface area (Å²) in [6.45, 7) is 5.62. The SMILES string of the molecule is Cc1oc2ncnc(NC3(C)CC3)c2c1C(=O)CC1[C@H]2COC[C@@H]12. The van der Waals surface area contributed by atoms with E-state index in [1.54, 1.807) is 0 Å². The maximum absolute atomic E-state index is 13.0. The van der Waals surface area contributed by atoms with Gasteiger partial charge in [0.05, 0.1) is 24.2 Å². The van der Waals surface area contributed by atoms with Gasteiger partial charge in [-0.25, -0.2) is 9.97 Å². The lowest BCUT2D eigenvalue weighted by molar-refractivity contribution is 0.0951. The molecule has 1 aliphatic heterocycles. The van der Waals surface area contributed by atoms with Crippen molar-refractivity contribution in [2.75, 3.05) is 18.5 Å². The summed E-state index contributed by atoms with van der Waals surface area (Å²) in [6.07, 6.45) is 4.30. The fourth-order valence-corrected chi connectivity index (χ4v) is 4.05. The molecule has 0 spiro atoms. The molecule has 2 aliphatic carbocycles. The second-order valence-corrected chi connectivity index (χ2v) is 7.78. The minimum atomic E-state index is 0.0810. The highest BCUT2D eigenvalue weighted by Crippen LogP contribution is 2.53. The molecular formula is C18H21N3O3. The number of ketones is 1. The number of carbonyl (C=O) groups is 1. The van der Waals surface area contributed by atoms with Gasteiger partial charge in [-0.2, -0.15) is 0 Å². The number of hydrogen-bond acceptors (Lipinski definition) is 6. The number of aromatic nitrogens is 2. The number of Topliss-reactive ketones (excluding diaryl/α,β-unsaturated/α-hetero) is 1. The number of fused-ring (bicyclic) bond motifs is 2. The molecule has 24 heavy (non-hydrogen) atoms. The lowest BCUT2D eigenvalue weighted by Gasteiger charge is -2.13. The minimum Gasteiger partial charge on any atom is -0.442 e. The molecule has 6 nitrogen and oxygen atoms in total. The van der Waals surface area contributed by atoms with E-state index in [0.717, 1.165) is 37.3 Å². The average Bonchev–Trinajstić information content (AvgIpc) is 3.27. The number of anilines is 1. The summed E-state index contributed by atoms with van der Waals surface area (Å²) in [7, 11) is 0. The summed E-state index contributed by atoms with van der Waals surface area (Å²) in [5.41, 5.74) is 1.23. The molecule has 0 aromatic carbocycles. The van der Waals surface area contributed by atoms with Gasteiger partial charge in [-0.05, 0) is 44.4 Å². The molecule has 1 N–H and O–H groups in total. The van der Waals surface area contributed by atoms with Crippen molar-refractivity contribution in [3.8, 4) is 0 Å². The fourth-order valence-electron chi connectivity index (χ4n) is 4.05. The molecule has 5 rings (SSSR count). The lowest BCUT2D eigenvalue weighted by atomic mass is 10.0. The number of furan rings is 1. The molecule has 0 bridgehead atoms. The van der Waals surface area contributed by atoms with Crippen LogP contribution in [0.15, 0.2) is 10.7 Å². The maximum atomic E-state index is 13.0. The average molecular weight is 327 g/mol. The van der Waals surface area contributed by atoms with E-state index < -0.39 is 0 Å². The van der Waals surface area contributed by atoms with Crippen LogP contribution in [0.25, 0.3) is 11.1 Å². The van der Waals surface area contributed by atoms with Crippen LogP contribution in [-0.4, -0.2) is 34.5 Å². The van der Waals surface area contributed by atoms with Crippen LogP contribution in [0.1, 0.15) is 42.3 Å². The van der Waals surface area contributed by atoms with Crippen molar-refractivity contribution in [1.82, 2.24) is 9.97 Å². The van der Waals surface area contributed by atoms with E-state index in [2.05, 4.69) is 22.2 Å². The molecule has 3 atom stereocenters. The summed E-state index contributed by atoms with van der Waals surface area (Å²) in [5, 5.41) is 4.21. The first kappa shape index (κ1) is 14.4. The Balaban J connectivity index is 1.49. The van der Waals surface area contributed by atoms with E-state index in [1.165, 1.54) is 6.33 Å². The van der Waals surface area contributed by atoms with Crippen molar-refractivity contribution in [3.63, 3.8) is 0 Å². The van der Waals surface area contributed by atoms with Crippen molar-refractivity contribution in [2.45, 2.75) is 38.6 Å². The van der Waals surface area contributed by atoms with Gasteiger partial charge in [0, 0.05) is 12.0 Å². The first-order chi connectivity index (χ1) is 11.6. The Morgan fingerprint density at radius 1 is 1.33 bits per heavy atom. The Bertz CT molecular complexity index is 829. The second-order valence-electron chi connectivity index (χ2n) is 7.78. The number of hydrogen-bond donors (Lipinski definition) is 1. The number of nitrogens with zero attached hydrogens (tertiary/aromatic N) is 2. The zero-order valence-electron chi connectivity index (χ0n) is 14.0. The Morgan fingerprint density at radius 3 is 2.79 bits per heavy atom. The van der Waals surface area contributed by atoms with Gasteiger partial charge >= 0.3 is 0 Å². The van der Waals surface area contributed by atoms with E-state index in [4.69, 9.17) is 9.15 Å². The van der Waals surface area contributed by atoms with E-state index in [1.807, 2.05) is 6.92 Å². The van der Waals surface area contributed by atoms with Crippen LogP contribution >= 0.6 is 0 Å². The third-order valence-electron chi connectivity index (χ3n) is 5.91. The number of rotatable bonds is 5. The Labute approximate surface area is 140 Å². The first-order valence-electron chi connectivity index (χ1n) is 8.69. The quantitative estimate of drug-likeness (QED) is 0.851. The summed E-state index contributed by atoms with van der Waals surface area (Å²) >= 11 is 0. The highest BCUT2D eigenvalue weighted by molar-refractivity contribution is 6.11. The van der Waals surface area contributed by atoms with Gasteiger partial charge in [-0.15, -0.1) is 0 Å². The summed E-state index contributed by atoms with van der Waals surface area (Å²) < 4.78 is 11.2. The van der Waals surface area contributed by atoms with Crippen molar-refractivity contribution in [2.24, 2.45) is 17.8 Å². The second kappa shape index (κ2) is 4.79. The molecule has 1 unspecified atom stereocenters. The fraction of sp³-hybridized carbons (Fsp3) is 0.611. The molecule has 3 fully saturated rings. The van der Waals surface area contributed by atoms with Crippen LogP contribution in [0, 0.1) is 24.7 Å². The number of aryl methyl sites for hydroxylation is 1. The van der Waals surface area contributed by atoms with Gasteiger partial charge < -0.3 is 14.5 Å². The normalized spacial score (nSPS) is 29.5. The number of nitrogens with one attached hydrogen (secondary N) is 1. The van der Waals surface area contributed by atoms with Crippen molar-refractivity contribution >= 4 is 22.7 Å². The number of carbonyl (C=O) groups excluding carboxylic acids is 1. The zero-order chi connectivity index (χ0) is 16.5. The van der Waals surface area contributed by atoms with Gasteiger partial charge in [0.25, 0.3) is 0 Å². The minimum absolute atomic E-state index is 0.0810. The Kier molecular flexibility index (Phi) is 2.87. The smallest absolute Gasteiger partial charge is 0.232 e. The van der Waals surface area contributed by atoms with E-state index >= 15 is 0 Å². The van der Waals surface area contributed by atoms with E-state index in [-0.39, 0.29) is 11.3 Å². The van der Waals surface area contributed by atoms with Crippen molar-refractivity contribution in [1.29, 1.82) is 0 Å². The molecule has 126 valence electrons. The van der Waals surface area contributed by atoms with Crippen LogP contribution in [0.4, 0.5) is 5.82 Å². The van der Waals surface area contributed by atoms with Gasteiger partial charge in [-0.3, -0.25) is 4.79 Å². The maximum Gasteiger partial charge on any atom is 0.232 e. The largest absolute Gasteiger partial charge is 0.442 e. The third kappa shape index (κ3) is 2.16. The number of ether oxygens (including phenoxy) is 1. The van der Waals surface area contributed by atoms with Crippen LogP contribution in [0.2, 0.25) is 0 Å². The van der Waals surface area contributed by atoms with E-state index in [9.17, 15) is 4.79 Å². The molecule has 3 aliphatic rings. The van der Waals surface area contributed by atoms with Crippen LogP contribution < -0.4 is 5.32 Å². The Morgan fingerprint density at radius 2 is 2.08 bits per heavy atom. The lowest BCUT2D eigenvalue weighted by Crippen LogP contribution is -2.17. The first-order valence-corrected chi connectivity index (χ1v) is 8.69. The Hall–Kier alpha value is -1.95. The van der Waals surface area contributed by atoms with Crippen LogP contribution in [0.3, 0.4) is 0 Å². The standard InChI is InChI=1S/C18H21N3O3/c1-9-14(13(22)5-10-11-6-23-7-12(10)11)15-16(21-18(2)3-4-18)19-8-20-17(15)24-9/h8,10-12H,3-7H2,1-2H3,(H,19,20,21)/t10?,11-,12+. The summed E-state index contributed by atoms with van der Waals surface area (Å²) in [5.74, 6) is 3.13. The monoisotopic (exact) mass is 327 g/mol. The zero-order valence-corrected chi connectivity index (χ0v) is 14.0. The predicted octanol–water partition coefficient (Wildman–Crippen LogP) is 2.96. The third-order valence-corrected chi connectivity index (χ3v) is 5.91. The topological polar surface area (TPSA) is 77.3 Å². The van der Waals surface area contributed by atoms with Gasteiger partial charge in [0.15, 0.2) is 5.78 Å². The molecular weight excluding hydrogens is 306 g/mol. The molecule has 2 aromatic heterocycles. The molecule has 0 radical (unpaired) electrons.